The smallest absolute Gasteiger partial charge is 0.354 e. The molecule has 0 heterocycles. The third-order valence-corrected chi connectivity index (χ3v) is 8.37. The lowest BCUT2D eigenvalue weighted by molar-refractivity contribution is -0.139. The molecule has 0 aromatic heterocycles. The van der Waals surface area contributed by atoms with Gasteiger partial charge in [0.05, 0.1) is 16.1 Å². The molecule has 0 fully saturated rings. The van der Waals surface area contributed by atoms with Crippen LogP contribution in [0.25, 0.3) is 0 Å². The van der Waals surface area contributed by atoms with Crippen LogP contribution in [-0.2, 0) is 32.3 Å². The van der Waals surface area contributed by atoms with Crippen molar-refractivity contribution in [3.05, 3.63) is 95.0 Å². The van der Waals surface area contributed by atoms with Crippen LogP contribution in [0.4, 0.5) is 18.9 Å². The number of hydrogen-bond acceptors (Lipinski definition) is 4. The molecule has 7 nitrogen and oxygen atoms in total. The summed E-state index contributed by atoms with van der Waals surface area (Å²) in [6.45, 7) is 2.94. The molecule has 0 aliphatic carbocycles. The molecule has 1 atom stereocenters. The molecular formula is C29H31ClF3N3O4S. The van der Waals surface area contributed by atoms with Crippen molar-refractivity contribution in [2.24, 2.45) is 0 Å². The molecule has 41 heavy (non-hydrogen) atoms. The summed E-state index contributed by atoms with van der Waals surface area (Å²) >= 11 is 5.99. The number of benzene rings is 3. The molecule has 0 spiro atoms. The third-order valence-electron chi connectivity index (χ3n) is 6.33. The van der Waals surface area contributed by atoms with Crippen LogP contribution >= 0.6 is 11.6 Å². The Hall–Kier alpha value is -3.57. The Kier molecular flexibility index (Phi) is 10.8. The van der Waals surface area contributed by atoms with Crippen LogP contribution in [0.1, 0.15) is 37.8 Å². The molecule has 0 aliphatic rings. The number of alkyl halides is 3. The molecule has 0 saturated heterocycles. The van der Waals surface area contributed by atoms with Crippen LogP contribution < -0.4 is 9.62 Å². The number of hydrogen-bond donors (Lipinski definition) is 1. The van der Waals surface area contributed by atoms with Gasteiger partial charge in [-0.25, -0.2) is 8.42 Å². The molecule has 3 aromatic rings. The van der Waals surface area contributed by atoms with Gasteiger partial charge in [0.2, 0.25) is 11.8 Å². The Balaban J connectivity index is 2.04. The lowest BCUT2D eigenvalue weighted by atomic mass is 10.1. The highest BCUT2D eigenvalue weighted by atomic mass is 35.5. The van der Waals surface area contributed by atoms with Gasteiger partial charge < -0.3 is 10.2 Å². The normalized spacial score (nSPS) is 12.4. The van der Waals surface area contributed by atoms with Crippen LogP contribution in [0, 0.1) is 0 Å². The van der Waals surface area contributed by atoms with E-state index in [1.807, 2.05) is 6.92 Å². The molecule has 2 amide bonds. The SMILES string of the molecule is CCCCNC(=O)C(C)N(Cc1ccc(Cl)cc1)C(=O)CN(c1cccc(C(F)(F)F)c1)S(=O)(=O)c1ccccc1. The number of sulfonamides is 1. The average Bonchev–Trinajstić information content (AvgIpc) is 2.95. The predicted octanol–water partition coefficient (Wildman–Crippen LogP) is 5.89. The predicted molar refractivity (Wildman–Crippen MR) is 152 cm³/mol. The monoisotopic (exact) mass is 609 g/mol. The Labute approximate surface area is 243 Å². The minimum atomic E-state index is -4.74. The van der Waals surface area contributed by atoms with Crippen molar-refractivity contribution >= 4 is 39.1 Å². The van der Waals surface area contributed by atoms with Crippen LogP contribution in [0.15, 0.2) is 83.8 Å². The van der Waals surface area contributed by atoms with E-state index in [2.05, 4.69) is 5.32 Å². The highest BCUT2D eigenvalue weighted by Crippen LogP contribution is 2.33. The van der Waals surface area contributed by atoms with E-state index in [9.17, 15) is 31.2 Å². The molecular weight excluding hydrogens is 579 g/mol. The summed E-state index contributed by atoms with van der Waals surface area (Å²) in [7, 11) is -4.49. The van der Waals surface area contributed by atoms with E-state index in [1.54, 1.807) is 30.3 Å². The Morgan fingerprint density at radius 3 is 2.24 bits per heavy atom. The highest BCUT2D eigenvalue weighted by Gasteiger charge is 2.35. The number of anilines is 1. The van der Waals surface area contributed by atoms with Gasteiger partial charge in [0.25, 0.3) is 10.0 Å². The van der Waals surface area contributed by atoms with Crippen LogP contribution in [0.5, 0.6) is 0 Å². The van der Waals surface area contributed by atoms with E-state index in [1.165, 1.54) is 42.2 Å². The molecule has 0 saturated carbocycles. The van der Waals surface area contributed by atoms with Gasteiger partial charge in [0.1, 0.15) is 12.6 Å². The second-order valence-corrected chi connectivity index (χ2v) is 11.6. The maximum atomic E-state index is 13.8. The van der Waals surface area contributed by atoms with E-state index >= 15 is 0 Å². The first-order valence-electron chi connectivity index (χ1n) is 12.9. The second kappa shape index (κ2) is 13.9. The number of unbranched alkanes of at least 4 members (excludes halogenated alkanes) is 1. The number of carbonyl (C=O) groups is 2. The molecule has 0 aliphatic heterocycles. The van der Waals surface area contributed by atoms with E-state index < -0.39 is 46.2 Å². The maximum absolute atomic E-state index is 13.8. The quantitative estimate of drug-likeness (QED) is 0.260. The van der Waals surface area contributed by atoms with Gasteiger partial charge in [0, 0.05) is 18.1 Å². The van der Waals surface area contributed by atoms with Gasteiger partial charge in [-0.05, 0) is 61.4 Å². The first kappa shape index (κ1) is 32.0. The van der Waals surface area contributed by atoms with Gasteiger partial charge in [-0.1, -0.05) is 61.3 Å². The molecule has 1 unspecified atom stereocenters. The van der Waals surface area contributed by atoms with E-state index in [0.717, 1.165) is 25.0 Å². The van der Waals surface area contributed by atoms with Crippen molar-refractivity contribution in [2.45, 2.75) is 50.3 Å². The lowest BCUT2D eigenvalue weighted by Crippen LogP contribution is -2.51. The summed E-state index contributed by atoms with van der Waals surface area (Å²) in [5, 5.41) is 3.23. The Morgan fingerprint density at radius 2 is 1.63 bits per heavy atom. The maximum Gasteiger partial charge on any atom is 0.416 e. The van der Waals surface area contributed by atoms with Crippen molar-refractivity contribution in [1.82, 2.24) is 10.2 Å². The summed E-state index contributed by atoms with van der Waals surface area (Å²) in [5.41, 5.74) is -0.798. The van der Waals surface area contributed by atoms with Crippen molar-refractivity contribution < 1.29 is 31.2 Å². The van der Waals surface area contributed by atoms with Gasteiger partial charge in [-0.2, -0.15) is 13.2 Å². The fourth-order valence-corrected chi connectivity index (χ4v) is 5.54. The lowest BCUT2D eigenvalue weighted by Gasteiger charge is -2.32. The molecule has 1 N–H and O–H groups in total. The summed E-state index contributed by atoms with van der Waals surface area (Å²) in [4.78, 5) is 27.8. The van der Waals surface area contributed by atoms with Crippen LogP contribution in [0.2, 0.25) is 5.02 Å². The summed E-state index contributed by atoms with van der Waals surface area (Å²) in [6, 6.07) is 16.4. The van der Waals surface area contributed by atoms with Gasteiger partial charge in [-0.15, -0.1) is 0 Å². The van der Waals surface area contributed by atoms with Crippen molar-refractivity contribution in [2.75, 3.05) is 17.4 Å². The third kappa shape index (κ3) is 8.46. The second-order valence-electron chi connectivity index (χ2n) is 9.34. The number of carbonyl (C=O) groups excluding carboxylic acids is 2. The minimum Gasteiger partial charge on any atom is -0.354 e. The van der Waals surface area contributed by atoms with E-state index in [0.29, 0.717) is 27.5 Å². The zero-order valence-corrected chi connectivity index (χ0v) is 24.1. The van der Waals surface area contributed by atoms with E-state index in [-0.39, 0.29) is 17.1 Å². The molecule has 0 radical (unpaired) electrons. The Morgan fingerprint density at radius 1 is 0.976 bits per heavy atom. The fourth-order valence-electron chi connectivity index (χ4n) is 3.99. The molecule has 220 valence electrons. The number of amides is 2. The van der Waals surface area contributed by atoms with Crippen LogP contribution in [-0.4, -0.2) is 44.3 Å². The molecule has 0 bridgehead atoms. The largest absolute Gasteiger partial charge is 0.416 e. The first-order valence-corrected chi connectivity index (χ1v) is 14.7. The minimum absolute atomic E-state index is 0.0693. The summed E-state index contributed by atoms with van der Waals surface area (Å²) < 4.78 is 68.7. The van der Waals surface area contributed by atoms with Gasteiger partial charge in [-0.3, -0.25) is 13.9 Å². The molecule has 3 rings (SSSR count). The first-order chi connectivity index (χ1) is 19.3. The zero-order chi connectivity index (χ0) is 30.2. The highest BCUT2D eigenvalue weighted by molar-refractivity contribution is 7.92. The van der Waals surface area contributed by atoms with Gasteiger partial charge in [0.15, 0.2) is 0 Å². The number of nitrogens with zero attached hydrogens (tertiary/aromatic N) is 2. The average molecular weight is 610 g/mol. The summed E-state index contributed by atoms with van der Waals surface area (Å²) in [6.07, 6.45) is -3.18. The summed E-state index contributed by atoms with van der Waals surface area (Å²) in [5.74, 6) is -1.23. The topological polar surface area (TPSA) is 86.8 Å². The van der Waals surface area contributed by atoms with Crippen molar-refractivity contribution in [3.63, 3.8) is 0 Å². The van der Waals surface area contributed by atoms with Crippen molar-refractivity contribution in [3.8, 4) is 0 Å². The van der Waals surface area contributed by atoms with Gasteiger partial charge >= 0.3 is 6.18 Å². The Bertz CT molecular complexity index is 1440. The zero-order valence-electron chi connectivity index (χ0n) is 22.6. The van der Waals surface area contributed by atoms with Crippen molar-refractivity contribution in [1.29, 1.82) is 0 Å². The fraction of sp³-hybridized carbons (Fsp3) is 0.310. The van der Waals surface area contributed by atoms with E-state index in [4.69, 9.17) is 11.6 Å². The standard InChI is InChI=1S/C29H31ClF3N3O4S/c1-3-4-17-34-28(38)21(2)35(19-22-13-15-24(30)16-14-22)27(37)20-36(41(39,40)26-11-6-5-7-12-26)25-10-8-9-23(18-25)29(31,32)33/h5-16,18,21H,3-4,17,19-20H2,1-2H3,(H,34,38). The number of halogens is 4. The number of nitrogens with one attached hydrogen (secondary N) is 1. The molecule has 3 aromatic carbocycles. The molecule has 12 heteroatoms. The van der Waals surface area contributed by atoms with Crippen LogP contribution in [0.3, 0.4) is 0 Å². The number of rotatable bonds is 12.